The second kappa shape index (κ2) is 8.37. The van der Waals surface area contributed by atoms with Gasteiger partial charge in [0.2, 0.25) is 10.0 Å². The molecule has 3 rings (SSSR count). The van der Waals surface area contributed by atoms with Crippen molar-refractivity contribution in [1.29, 1.82) is 0 Å². The molecule has 1 unspecified atom stereocenters. The van der Waals surface area contributed by atoms with Gasteiger partial charge in [-0.25, -0.2) is 17.5 Å². The van der Waals surface area contributed by atoms with E-state index in [1.165, 1.54) is 19.2 Å². The Morgan fingerprint density at radius 2 is 1.67 bits per heavy atom. The molecule has 0 aromatic heterocycles. The zero-order valence-corrected chi connectivity index (χ0v) is 16.5. The lowest BCUT2D eigenvalue weighted by Gasteiger charge is -2.40. The molecule has 1 atom stereocenters. The van der Waals surface area contributed by atoms with Gasteiger partial charge in [0.25, 0.3) is 0 Å². The van der Waals surface area contributed by atoms with Gasteiger partial charge in [0.15, 0.2) is 0 Å². The first-order valence-corrected chi connectivity index (χ1v) is 10.7. The van der Waals surface area contributed by atoms with Crippen LogP contribution >= 0.6 is 0 Å². The maximum Gasteiger partial charge on any atom is 0.242 e. The number of nitrogens with one attached hydrogen (secondary N) is 1. The van der Waals surface area contributed by atoms with Crippen LogP contribution in [0.15, 0.2) is 53.4 Å². The molecule has 1 saturated heterocycles. The molecule has 1 aliphatic heterocycles. The molecule has 0 bridgehead atoms. The molecule has 2 aromatic rings. The summed E-state index contributed by atoms with van der Waals surface area (Å²) < 4.78 is 40.3. The van der Waals surface area contributed by atoms with Crippen molar-refractivity contribution in [2.75, 3.05) is 38.1 Å². The summed E-state index contributed by atoms with van der Waals surface area (Å²) in [4.78, 5) is 4.82. The third kappa shape index (κ3) is 4.31. The summed E-state index contributed by atoms with van der Waals surface area (Å²) in [7, 11) is -2.07. The maximum absolute atomic E-state index is 13.2. The first-order chi connectivity index (χ1) is 13.0. The van der Waals surface area contributed by atoms with Gasteiger partial charge in [-0.05, 0) is 43.3 Å². The Hall–Kier alpha value is -1.96. The number of nitrogens with zero attached hydrogens (tertiary/aromatic N) is 2. The number of hydrogen-bond donors (Lipinski definition) is 1. The third-order valence-corrected chi connectivity index (χ3v) is 6.62. The van der Waals surface area contributed by atoms with Crippen LogP contribution in [0.4, 0.5) is 10.1 Å². The van der Waals surface area contributed by atoms with E-state index in [0.29, 0.717) is 4.90 Å². The number of benzene rings is 2. The summed E-state index contributed by atoms with van der Waals surface area (Å²) >= 11 is 0. The van der Waals surface area contributed by atoms with Crippen molar-refractivity contribution < 1.29 is 12.8 Å². The predicted molar refractivity (Wildman–Crippen MR) is 106 cm³/mol. The molecular formula is C20H26FN3O2S. The van der Waals surface area contributed by atoms with E-state index < -0.39 is 10.0 Å². The molecular weight excluding hydrogens is 365 g/mol. The molecule has 146 valence electrons. The molecule has 0 amide bonds. The maximum atomic E-state index is 13.2. The minimum Gasteiger partial charge on any atom is -0.368 e. The average molecular weight is 392 g/mol. The summed E-state index contributed by atoms with van der Waals surface area (Å²) in [5.74, 6) is -0.222. The molecule has 0 radical (unpaired) electrons. The van der Waals surface area contributed by atoms with Crippen molar-refractivity contribution in [1.82, 2.24) is 9.62 Å². The van der Waals surface area contributed by atoms with Crippen molar-refractivity contribution in [2.45, 2.75) is 24.3 Å². The largest absolute Gasteiger partial charge is 0.368 e. The fourth-order valence-corrected chi connectivity index (χ4v) is 4.67. The highest BCUT2D eigenvalue weighted by Crippen LogP contribution is 2.29. The SMILES string of the molecule is CCC(c1ccc(F)cc1)N1CCN(c2ccccc2S(=O)(=O)NC)CC1. The number of piperazine rings is 1. The van der Waals surface area contributed by atoms with E-state index in [1.807, 2.05) is 24.3 Å². The van der Waals surface area contributed by atoms with E-state index >= 15 is 0 Å². The number of halogens is 1. The van der Waals surface area contributed by atoms with E-state index in [9.17, 15) is 12.8 Å². The van der Waals surface area contributed by atoms with Gasteiger partial charge in [0.1, 0.15) is 10.7 Å². The highest BCUT2D eigenvalue weighted by molar-refractivity contribution is 7.89. The van der Waals surface area contributed by atoms with Gasteiger partial charge in [0.05, 0.1) is 5.69 Å². The molecule has 1 N–H and O–H groups in total. The van der Waals surface area contributed by atoms with Gasteiger partial charge in [0, 0.05) is 32.2 Å². The molecule has 5 nitrogen and oxygen atoms in total. The van der Waals surface area contributed by atoms with E-state index in [-0.39, 0.29) is 11.9 Å². The van der Waals surface area contributed by atoms with Crippen LogP contribution in [0.2, 0.25) is 0 Å². The van der Waals surface area contributed by atoms with Crippen LogP contribution in [-0.2, 0) is 10.0 Å². The van der Waals surface area contributed by atoms with E-state index in [0.717, 1.165) is 43.9 Å². The molecule has 27 heavy (non-hydrogen) atoms. The summed E-state index contributed by atoms with van der Waals surface area (Å²) in [6, 6.07) is 14.1. The highest BCUT2D eigenvalue weighted by Gasteiger charge is 2.27. The summed E-state index contributed by atoms with van der Waals surface area (Å²) in [6.45, 7) is 5.27. The van der Waals surface area contributed by atoms with Crippen molar-refractivity contribution in [3.63, 3.8) is 0 Å². The molecule has 2 aromatic carbocycles. The molecule has 0 aliphatic carbocycles. The van der Waals surface area contributed by atoms with Crippen molar-refractivity contribution >= 4 is 15.7 Å². The fourth-order valence-electron chi connectivity index (χ4n) is 3.72. The second-order valence-corrected chi connectivity index (χ2v) is 8.53. The minimum atomic E-state index is -3.50. The number of anilines is 1. The highest BCUT2D eigenvalue weighted by atomic mass is 32.2. The third-order valence-electron chi connectivity index (χ3n) is 5.16. The number of sulfonamides is 1. The number of para-hydroxylation sites is 1. The molecule has 1 aliphatic rings. The lowest BCUT2D eigenvalue weighted by molar-refractivity contribution is 0.181. The lowest BCUT2D eigenvalue weighted by Crippen LogP contribution is -2.48. The standard InChI is InChI=1S/C20H26FN3O2S/c1-3-18(16-8-10-17(21)11-9-16)23-12-14-24(15-13-23)19-6-4-5-7-20(19)27(25,26)22-2/h4-11,18,22H,3,12-15H2,1-2H3. The van der Waals surface area contributed by atoms with E-state index in [2.05, 4.69) is 21.4 Å². The lowest BCUT2D eigenvalue weighted by atomic mass is 10.0. The van der Waals surface area contributed by atoms with Crippen LogP contribution in [0, 0.1) is 5.82 Å². The van der Waals surface area contributed by atoms with Gasteiger partial charge in [-0.3, -0.25) is 4.90 Å². The van der Waals surface area contributed by atoms with Crippen LogP contribution in [0.5, 0.6) is 0 Å². The summed E-state index contributed by atoms with van der Waals surface area (Å²) in [5, 5.41) is 0. The first-order valence-electron chi connectivity index (χ1n) is 9.23. The topological polar surface area (TPSA) is 52.7 Å². The van der Waals surface area contributed by atoms with Gasteiger partial charge in [-0.2, -0.15) is 0 Å². The summed E-state index contributed by atoms with van der Waals surface area (Å²) in [6.07, 6.45) is 0.941. The van der Waals surface area contributed by atoms with E-state index in [4.69, 9.17) is 0 Å². The van der Waals surface area contributed by atoms with E-state index in [1.54, 1.807) is 12.1 Å². The van der Waals surface area contributed by atoms with Crippen LogP contribution in [-0.4, -0.2) is 46.5 Å². The van der Waals surface area contributed by atoms with Gasteiger partial charge < -0.3 is 4.90 Å². The fraction of sp³-hybridized carbons (Fsp3) is 0.400. The molecule has 0 saturated carbocycles. The first kappa shape index (κ1) is 19.8. The Labute approximate surface area is 160 Å². The Bertz CT molecular complexity index is 863. The monoisotopic (exact) mass is 391 g/mol. The summed E-state index contributed by atoms with van der Waals surface area (Å²) in [5.41, 5.74) is 1.85. The average Bonchev–Trinajstić information content (AvgIpc) is 2.70. The number of hydrogen-bond acceptors (Lipinski definition) is 4. The number of rotatable bonds is 6. The molecule has 1 heterocycles. The van der Waals surface area contributed by atoms with Crippen LogP contribution in [0.25, 0.3) is 0 Å². The quantitative estimate of drug-likeness (QED) is 0.823. The van der Waals surface area contributed by atoms with Crippen LogP contribution < -0.4 is 9.62 Å². The zero-order chi connectivity index (χ0) is 19.4. The van der Waals surface area contributed by atoms with Gasteiger partial charge >= 0.3 is 0 Å². The minimum absolute atomic E-state index is 0.222. The van der Waals surface area contributed by atoms with Gasteiger partial charge in [-0.1, -0.05) is 31.2 Å². The Morgan fingerprint density at radius 3 is 2.26 bits per heavy atom. The second-order valence-electron chi connectivity index (χ2n) is 6.67. The predicted octanol–water partition coefficient (Wildman–Crippen LogP) is 3.01. The van der Waals surface area contributed by atoms with Crippen molar-refractivity contribution in [3.05, 3.63) is 59.9 Å². The van der Waals surface area contributed by atoms with Crippen molar-refractivity contribution in [2.24, 2.45) is 0 Å². The molecule has 1 fully saturated rings. The molecule has 7 heteroatoms. The normalized spacial score (nSPS) is 17.1. The Morgan fingerprint density at radius 1 is 1.04 bits per heavy atom. The van der Waals surface area contributed by atoms with Crippen molar-refractivity contribution in [3.8, 4) is 0 Å². The Balaban J connectivity index is 1.75. The van der Waals surface area contributed by atoms with Crippen LogP contribution in [0.1, 0.15) is 24.9 Å². The zero-order valence-electron chi connectivity index (χ0n) is 15.7. The van der Waals surface area contributed by atoms with Crippen LogP contribution in [0.3, 0.4) is 0 Å². The Kier molecular flexibility index (Phi) is 6.14. The smallest absolute Gasteiger partial charge is 0.242 e. The van der Waals surface area contributed by atoms with Gasteiger partial charge in [-0.15, -0.1) is 0 Å². The molecule has 0 spiro atoms.